The molecule has 2 N–H and O–H groups in total. The van der Waals surface area contributed by atoms with Gasteiger partial charge >= 0.3 is 7.12 Å². The predicted octanol–water partition coefficient (Wildman–Crippen LogP) is 0.569. The number of rotatable bonds is 4. The van der Waals surface area contributed by atoms with E-state index in [4.69, 9.17) is 19.2 Å². The molecule has 1 aromatic rings. The molecule has 2 fully saturated rings. The Hall–Kier alpha value is -1.16. The first-order valence-electron chi connectivity index (χ1n) is 7.55. The summed E-state index contributed by atoms with van der Waals surface area (Å²) in [5.41, 5.74) is -0.816. The average molecular weight is 340 g/mol. The van der Waals surface area contributed by atoms with Crippen molar-refractivity contribution in [1.82, 2.24) is 4.98 Å². The van der Waals surface area contributed by atoms with Gasteiger partial charge in [-0.15, -0.1) is 0 Å². The molecule has 0 spiro atoms. The van der Waals surface area contributed by atoms with Gasteiger partial charge in [-0.1, -0.05) is 0 Å². The monoisotopic (exact) mass is 340 g/mol. The van der Waals surface area contributed by atoms with Crippen molar-refractivity contribution in [3.8, 4) is 5.75 Å². The minimum absolute atomic E-state index is 0.0131. The van der Waals surface area contributed by atoms with Crippen LogP contribution in [0, 0.1) is 0 Å². The summed E-state index contributed by atoms with van der Waals surface area (Å²) in [6, 6.07) is 1.34. The summed E-state index contributed by atoms with van der Waals surface area (Å²) in [7, 11) is -4.75. The summed E-state index contributed by atoms with van der Waals surface area (Å²) in [5.74, 6) is 0.135. The van der Waals surface area contributed by atoms with Gasteiger partial charge < -0.3 is 14.0 Å². The zero-order chi connectivity index (χ0) is 17.0. The molecule has 3 rings (SSSR count). The number of nitrogens with two attached hydrogens (primary N) is 1. The van der Waals surface area contributed by atoms with Crippen molar-refractivity contribution in [3.63, 3.8) is 0 Å². The van der Waals surface area contributed by atoms with Gasteiger partial charge in [-0.3, -0.25) is 4.98 Å². The molecule has 1 aromatic heterocycles. The van der Waals surface area contributed by atoms with Crippen LogP contribution in [0.3, 0.4) is 0 Å². The number of nitrogens with zero attached hydrogens (tertiary/aromatic N) is 1. The molecule has 1 saturated heterocycles. The van der Waals surface area contributed by atoms with E-state index in [0.717, 1.165) is 12.8 Å². The van der Waals surface area contributed by atoms with Gasteiger partial charge in [0.1, 0.15) is 10.5 Å². The summed E-state index contributed by atoms with van der Waals surface area (Å²) in [4.78, 5) is 4.16. The van der Waals surface area contributed by atoms with Crippen LogP contribution in [0.15, 0.2) is 17.2 Å². The molecule has 1 aliphatic carbocycles. The van der Waals surface area contributed by atoms with E-state index in [9.17, 15) is 8.42 Å². The predicted molar refractivity (Wildman–Crippen MR) is 85.0 cm³/mol. The van der Waals surface area contributed by atoms with Gasteiger partial charge in [0.05, 0.1) is 17.3 Å². The standard InChI is InChI=1S/C14H21BN2O5S/c1-13(2)14(3,4)22-15(21-13)12-11(20-9-5-6-9)10(7-8-17-12)23(16,18)19/h7-9H,5-6H2,1-4H3,(H2,16,18,19). The van der Waals surface area contributed by atoms with E-state index < -0.39 is 28.3 Å². The molecule has 0 aromatic carbocycles. The third-order valence-corrected chi connectivity index (χ3v) is 5.42. The van der Waals surface area contributed by atoms with Crippen molar-refractivity contribution in [2.75, 3.05) is 0 Å². The number of primary sulfonamides is 1. The molecule has 1 aliphatic heterocycles. The minimum Gasteiger partial charge on any atom is -0.488 e. The quantitative estimate of drug-likeness (QED) is 0.804. The molecule has 0 bridgehead atoms. The molecule has 1 saturated carbocycles. The highest BCUT2D eigenvalue weighted by Crippen LogP contribution is 2.38. The molecule has 23 heavy (non-hydrogen) atoms. The fourth-order valence-electron chi connectivity index (χ4n) is 2.26. The molecular weight excluding hydrogens is 319 g/mol. The van der Waals surface area contributed by atoms with Crippen LogP contribution in [-0.2, 0) is 19.3 Å². The molecule has 126 valence electrons. The first kappa shape index (κ1) is 16.7. The van der Waals surface area contributed by atoms with Crippen LogP contribution >= 0.6 is 0 Å². The molecule has 0 radical (unpaired) electrons. The van der Waals surface area contributed by atoms with E-state index in [-0.39, 0.29) is 16.7 Å². The Morgan fingerprint density at radius 1 is 1.26 bits per heavy atom. The minimum atomic E-state index is -3.94. The van der Waals surface area contributed by atoms with Gasteiger partial charge in [-0.25, -0.2) is 13.6 Å². The lowest BCUT2D eigenvalue weighted by atomic mass is 9.83. The van der Waals surface area contributed by atoms with Crippen molar-refractivity contribution in [3.05, 3.63) is 12.3 Å². The van der Waals surface area contributed by atoms with E-state index in [1.165, 1.54) is 12.3 Å². The van der Waals surface area contributed by atoms with Gasteiger partial charge in [0, 0.05) is 6.20 Å². The molecule has 0 atom stereocenters. The van der Waals surface area contributed by atoms with Crippen LogP contribution in [0.2, 0.25) is 0 Å². The summed E-state index contributed by atoms with van der Waals surface area (Å²) in [6.45, 7) is 7.66. The van der Waals surface area contributed by atoms with Crippen LogP contribution in [0.1, 0.15) is 40.5 Å². The smallest absolute Gasteiger partial charge is 0.488 e. The lowest BCUT2D eigenvalue weighted by Gasteiger charge is -2.32. The van der Waals surface area contributed by atoms with Crippen molar-refractivity contribution in [1.29, 1.82) is 0 Å². The fraction of sp³-hybridized carbons (Fsp3) is 0.643. The summed E-state index contributed by atoms with van der Waals surface area (Å²) >= 11 is 0. The van der Waals surface area contributed by atoms with Gasteiger partial charge in [-0.05, 0) is 46.6 Å². The molecular formula is C14H21BN2O5S. The first-order valence-corrected chi connectivity index (χ1v) is 9.10. The second-order valence-electron chi connectivity index (χ2n) is 6.97. The maximum atomic E-state index is 11.9. The summed E-state index contributed by atoms with van der Waals surface area (Å²) in [5, 5.41) is 5.31. The third-order valence-electron chi connectivity index (χ3n) is 4.49. The molecule has 2 aliphatic rings. The lowest BCUT2D eigenvalue weighted by molar-refractivity contribution is 0.00578. The van der Waals surface area contributed by atoms with Gasteiger partial charge in [0.2, 0.25) is 10.0 Å². The largest absolute Gasteiger partial charge is 0.518 e. The van der Waals surface area contributed by atoms with Crippen LogP contribution in [0.5, 0.6) is 5.75 Å². The molecule has 0 amide bonds. The molecule has 0 unspecified atom stereocenters. The van der Waals surface area contributed by atoms with Crippen LogP contribution in [0.25, 0.3) is 0 Å². The number of aromatic nitrogens is 1. The lowest BCUT2D eigenvalue weighted by Crippen LogP contribution is -2.41. The van der Waals surface area contributed by atoms with Gasteiger partial charge in [-0.2, -0.15) is 0 Å². The fourth-order valence-corrected chi connectivity index (χ4v) is 2.93. The number of hydrogen-bond acceptors (Lipinski definition) is 6. The highest BCUT2D eigenvalue weighted by atomic mass is 32.2. The topological polar surface area (TPSA) is 101 Å². The Balaban J connectivity index is 2.06. The third kappa shape index (κ3) is 3.10. The Bertz CT molecular complexity index is 715. The highest BCUT2D eigenvalue weighted by Gasteiger charge is 2.53. The Morgan fingerprint density at radius 3 is 2.30 bits per heavy atom. The average Bonchev–Trinajstić information content (AvgIpc) is 3.16. The zero-order valence-electron chi connectivity index (χ0n) is 13.7. The van der Waals surface area contributed by atoms with Gasteiger partial charge in [0.15, 0.2) is 5.75 Å². The maximum Gasteiger partial charge on any atom is 0.518 e. The second-order valence-corrected chi connectivity index (χ2v) is 8.50. The van der Waals surface area contributed by atoms with Crippen molar-refractivity contribution in [2.45, 2.75) is 62.7 Å². The zero-order valence-corrected chi connectivity index (χ0v) is 14.5. The number of pyridine rings is 1. The van der Waals surface area contributed by atoms with E-state index >= 15 is 0 Å². The van der Waals surface area contributed by atoms with Crippen molar-refractivity contribution in [2.24, 2.45) is 5.14 Å². The highest BCUT2D eigenvalue weighted by molar-refractivity contribution is 7.89. The van der Waals surface area contributed by atoms with Crippen LogP contribution < -0.4 is 15.5 Å². The Morgan fingerprint density at radius 2 is 1.83 bits per heavy atom. The molecule has 7 nitrogen and oxygen atoms in total. The van der Waals surface area contributed by atoms with E-state index in [0.29, 0.717) is 5.59 Å². The SMILES string of the molecule is CC1(C)OB(c2nccc(S(N)(=O)=O)c2OC2CC2)OC1(C)C. The number of sulfonamides is 1. The Kier molecular flexibility index (Phi) is 3.75. The van der Waals surface area contributed by atoms with E-state index in [1.807, 2.05) is 27.7 Å². The molecule has 2 heterocycles. The maximum absolute atomic E-state index is 11.9. The number of ether oxygens (including phenoxy) is 1. The summed E-state index contributed by atoms with van der Waals surface area (Å²) in [6.07, 6.45) is 3.12. The molecule has 9 heteroatoms. The van der Waals surface area contributed by atoms with Crippen molar-refractivity contribution >= 4 is 22.7 Å². The van der Waals surface area contributed by atoms with E-state index in [1.54, 1.807) is 0 Å². The van der Waals surface area contributed by atoms with E-state index in [2.05, 4.69) is 4.98 Å². The Labute approximate surface area is 136 Å². The van der Waals surface area contributed by atoms with Crippen LogP contribution in [0.4, 0.5) is 0 Å². The van der Waals surface area contributed by atoms with Crippen molar-refractivity contribution < 1.29 is 22.5 Å². The normalized spacial score (nSPS) is 23.1. The summed E-state index contributed by atoms with van der Waals surface area (Å²) < 4.78 is 41.4. The second kappa shape index (κ2) is 5.17. The van der Waals surface area contributed by atoms with Crippen LogP contribution in [-0.4, -0.2) is 37.8 Å². The van der Waals surface area contributed by atoms with Gasteiger partial charge in [0.25, 0.3) is 0 Å². The first-order chi connectivity index (χ1) is 10.5. The number of hydrogen-bond donors (Lipinski definition) is 1.